The SMILES string of the molecule is CC(C)(C)NC(=O)CNC1CC(c2ccccc2F)C1. The molecule has 1 aromatic rings. The zero-order chi connectivity index (χ0) is 14.8. The number of carbonyl (C=O) groups excluding carboxylic acids is 1. The first-order valence-electron chi connectivity index (χ1n) is 7.14. The van der Waals surface area contributed by atoms with E-state index in [9.17, 15) is 9.18 Å². The lowest BCUT2D eigenvalue weighted by Gasteiger charge is -2.36. The molecule has 1 fully saturated rings. The van der Waals surface area contributed by atoms with Crippen LogP contribution in [0.1, 0.15) is 45.1 Å². The molecule has 0 atom stereocenters. The van der Waals surface area contributed by atoms with E-state index < -0.39 is 0 Å². The van der Waals surface area contributed by atoms with Gasteiger partial charge in [-0.25, -0.2) is 4.39 Å². The Morgan fingerprint density at radius 2 is 1.95 bits per heavy atom. The third-order valence-corrected chi connectivity index (χ3v) is 3.55. The zero-order valence-corrected chi connectivity index (χ0v) is 12.4. The molecule has 0 bridgehead atoms. The largest absolute Gasteiger partial charge is 0.350 e. The Balaban J connectivity index is 1.72. The first-order chi connectivity index (χ1) is 9.35. The molecule has 0 saturated heterocycles. The van der Waals surface area contributed by atoms with E-state index in [4.69, 9.17) is 0 Å². The minimum atomic E-state index is -0.200. The highest BCUT2D eigenvalue weighted by Crippen LogP contribution is 2.37. The second-order valence-corrected chi connectivity index (χ2v) is 6.57. The maximum Gasteiger partial charge on any atom is 0.234 e. The summed E-state index contributed by atoms with van der Waals surface area (Å²) in [7, 11) is 0. The zero-order valence-electron chi connectivity index (χ0n) is 12.4. The number of halogens is 1. The van der Waals surface area contributed by atoms with Gasteiger partial charge in [-0.3, -0.25) is 4.79 Å². The van der Waals surface area contributed by atoms with Crippen molar-refractivity contribution in [3.63, 3.8) is 0 Å². The van der Waals surface area contributed by atoms with E-state index in [0.29, 0.717) is 12.6 Å². The lowest BCUT2D eigenvalue weighted by atomic mass is 9.75. The molecule has 1 aliphatic rings. The Bertz CT molecular complexity index is 476. The standard InChI is InChI=1S/C16H23FN2O/c1-16(2,3)19-15(20)10-18-12-8-11(9-12)13-6-4-5-7-14(13)17/h4-7,11-12,18H,8-10H2,1-3H3,(H,19,20). The molecule has 1 saturated carbocycles. The van der Waals surface area contributed by atoms with E-state index in [1.807, 2.05) is 32.9 Å². The number of nitrogens with one attached hydrogen (secondary N) is 2. The molecule has 1 aromatic carbocycles. The van der Waals surface area contributed by atoms with Gasteiger partial charge >= 0.3 is 0 Å². The summed E-state index contributed by atoms with van der Waals surface area (Å²) in [5.41, 5.74) is 0.596. The van der Waals surface area contributed by atoms with Crippen molar-refractivity contribution < 1.29 is 9.18 Å². The second kappa shape index (κ2) is 5.92. The first-order valence-corrected chi connectivity index (χ1v) is 7.14. The summed E-state index contributed by atoms with van der Waals surface area (Å²) in [6.45, 7) is 6.21. The second-order valence-electron chi connectivity index (χ2n) is 6.57. The molecular formula is C16H23FN2O. The Kier molecular flexibility index (Phi) is 4.43. The number of hydrogen-bond acceptors (Lipinski definition) is 2. The van der Waals surface area contributed by atoms with Gasteiger partial charge in [0.2, 0.25) is 5.91 Å². The fraction of sp³-hybridized carbons (Fsp3) is 0.562. The maximum atomic E-state index is 13.6. The molecule has 2 N–H and O–H groups in total. The summed E-state index contributed by atoms with van der Waals surface area (Å²) in [4.78, 5) is 11.7. The number of hydrogen-bond donors (Lipinski definition) is 2. The van der Waals surface area contributed by atoms with E-state index in [-0.39, 0.29) is 23.2 Å². The molecule has 3 nitrogen and oxygen atoms in total. The average molecular weight is 278 g/mol. The van der Waals surface area contributed by atoms with Crippen molar-refractivity contribution in [3.8, 4) is 0 Å². The number of rotatable bonds is 4. The minimum Gasteiger partial charge on any atom is -0.350 e. The van der Waals surface area contributed by atoms with Crippen LogP contribution in [0, 0.1) is 5.82 Å². The molecule has 1 amide bonds. The van der Waals surface area contributed by atoms with Gasteiger partial charge < -0.3 is 10.6 Å². The van der Waals surface area contributed by atoms with Crippen LogP contribution in [0.3, 0.4) is 0 Å². The van der Waals surface area contributed by atoms with Crippen LogP contribution in [0.2, 0.25) is 0 Å². The third kappa shape index (κ3) is 4.04. The third-order valence-electron chi connectivity index (χ3n) is 3.55. The summed E-state index contributed by atoms with van der Waals surface area (Å²) < 4.78 is 13.6. The van der Waals surface area contributed by atoms with Crippen molar-refractivity contribution in [2.24, 2.45) is 0 Å². The Labute approximate surface area is 120 Å². The van der Waals surface area contributed by atoms with Crippen molar-refractivity contribution in [1.82, 2.24) is 10.6 Å². The molecule has 1 aliphatic carbocycles. The molecular weight excluding hydrogens is 255 g/mol. The van der Waals surface area contributed by atoms with Crippen LogP contribution in [0.25, 0.3) is 0 Å². The molecule has 0 unspecified atom stereocenters. The van der Waals surface area contributed by atoms with E-state index in [0.717, 1.165) is 18.4 Å². The average Bonchev–Trinajstić information content (AvgIpc) is 2.26. The van der Waals surface area contributed by atoms with Crippen LogP contribution >= 0.6 is 0 Å². The Morgan fingerprint density at radius 3 is 2.55 bits per heavy atom. The lowest BCUT2D eigenvalue weighted by Crippen LogP contribution is -2.49. The fourth-order valence-corrected chi connectivity index (χ4v) is 2.54. The van der Waals surface area contributed by atoms with Crippen LogP contribution in [-0.4, -0.2) is 24.0 Å². The summed E-state index contributed by atoms with van der Waals surface area (Å²) in [6, 6.07) is 7.25. The monoisotopic (exact) mass is 278 g/mol. The first kappa shape index (κ1) is 15.0. The molecule has 0 spiro atoms. The molecule has 0 heterocycles. The van der Waals surface area contributed by atoms with Crippen molar-refractivity contribution in [2.45, 2.75) is 51.1 Å². The lowest BCUT2D eigenvalue weighted by molar-refractivity contribution is -0.121. The van der Waals surface area contributed by atoms with Crippen molar-refractivity contribution in [3.05, 3.63) is 35.6 Å². The molecule has 0 aromatic heterocycles. The predicted molar refractivity (Wildman–Crippen MR) is 78.1 cm³/mol. The van der Waals surface area contributed by atoms with Gasteiger partial charge in [0.15, 0.2) is 0 Å². The van der Waals surface area contributed by atoms with Gasteiger partial charge in [-0.05, 0) is 51.2 Å². The van der Waals surface area contributed by atoms with Gasteiger partial charge in [-0.15, -0.1) is 0 Å². The molecule has 0 radical (unpaired) electrons. The molecule has 0 aliphatic heterocycles. The van der Waals surface area contributed by atoms with Gasteiger partial charge in [-0.1, -0.05) is 18.2 Å². The Morgan fingerprint density at radius 1 is 1.30 bits per heavy atom. The predicted octanol–water partition coefficient (Wildman–Crippen LogP) is 2.58. The number of amides is 1. The van der Waals surface area contributed by atoms with Gasteiger partial charge in [-0.2, -0.15) is 0 Å². The van der Waals surface area contributed by atoms with E-state index in [2.05, 4.69) is 10.6 Å². The van der Waals surface area contributed by atoms with Gasteiger partial charge in [0.25, 0.3) is 0 Å². The van der Waals surface area contributed by atoms with Crippen molar-refractivity contribution in [2.75, 3.05) is 6.54 Å². The summed E-state index contributed by atoms with van der Waals surface area (Å²) in [5, 5.41) is 6.14. The van der Waals surface area contributed by atoms with Crippen LogP contribution in [-0.2, 0) is 4.79 Å². The van der Waals surface area contributed by atoms with Gasteiger partial charge in [0, 0.05) is 11.6 Å². The topological polar surface area (TPSA) is 41.1 Å². The van der Waals surface area contributed by atoms with Crippen LogP contribution in [0.4, 0.5) is 4.39 Å². The number of benzene rings is 1. The molecule has 2 rings (SSSR count). The van der Waals surface area contributed by atoms with E-state index in [1.165, 1.54) is 6.07 Å². The fourth-order valence-electron chi connectivity index (χ4n) is 2.54. The van der Waals surface area contributed by atoms with E-state index in [1.54, 1.807) is 6.07 Å². The van der Waals surface area contributed by atoms with Gasteiger partial charge in [0.1, 0.15) is 5.82 Å². The van der Waals surface area contributed by atoms with Crippen LogP contribution in [0.5, 0.6) is 0 Å². The van der Waals surface area contributed by atoms with Crippen LogP contribution < -0.4 is 10.6 Å². The quantitative estimate of drug-likeness (QED) is 0.889. The molecule has 4 heteroatoms. The van der Waals surface area contributed by atoms with Crippen molar-refractivity contribution in [1.29, 1.82) is 0 Å². The summed E-state index contributed by atoms with van der Waals surface area (Å²) in [6.07, 6.45) is 1.79. The normalized spacial score (nSPS) is 22.2. The highest BCUT2D eigenvalue weighted by atomic mass is 19.1. The van der Waals surface area contributed by atoms with Crippen LogP contribution in [0.15, 0.2) is 24.3 Å². The minimum absolute atomic E-state index is 0.00633. The molecule has 20 heavy (non-hydrogen) atoms. The van der Waals surface area contributed by atoms with Gasteiger partial charge in [0.05, 0.1) is 6.54 Å². The smallest absolute Gasteiger partial charge is 0.234 e. The summed E-state index contributed by atoms with van der Waals surface area (Å²) in [5.74, 6) is 0.160. The highest BCUT2D eigenvalue weighted by Gasteiger charge is 2.31. The highest BCUT2D eigenvalue weighted by molar-refractivity contribution is 5.78. The summed E-state index contributed by atoms with van der Waals surface area (Å²) >= 11 is 0. The van der Waals surface area contributed by atoms with Crippen molar-refractivity contribution >= 4 is 5.91 Å². The number of carbonyl (C=O) groups is 1. The van der Waals surface area contributed by atoms with E-state index >= 15 is 0 Å². The maximum absolute atomic E-state index is 13.6. The molecule has 110 valence electrons. The Hall–Kier alpha value is -1.42.